The van der Waals surface area contributed by atoms with E-state index in [9.17, 15) is 9.59 Å². The monoisotopic (exact) mass is 459 g/mol. The SMILES string of the molecule is CCCn1c(C)cc(C(=O)CSc2nc3ccccc3c(=O)n2-c2ccc(CC)cc2)c1C. The fraction of sp³-hybridized carbons (Fsp3) is 0.296. The van der Waals surface area contributed by atoms with Crippen molar-refractivity contribution >= 4 is 28.4 Å². The molecule has 0 aliphatic rings. The van der Waals surface area contributed by atoms with Crippen molar-refractivity contribution in [2.45, 2.75) is 52.2 Å². The third-order valence-corrected chi connectivity index (χ3v) is 6.94. The van der Waals surface area contributed by atoms with Gasteiger partial charge in [0, 0.05) is 23.5 Å². The number of aromatic nitrogens is 3. The Balaban J connectivity index is 1.72. The first-order valence-corrected chi connectivity index (χ1v) is 12.4. The summed E-state index contributed by atoms with van der Waals surface area (Å²) in [7, 11) is 0. The highest BCUT2D eigenvalue weighted by atomic mass is 32.2. The largest absolute Gasteiger partial charge is 0.348 e. The highest BCUT2D eigenvalue weighted by molar-refractivity contribution is 7.99. The number of aryl methyl sites for hydroxylation is 2. The first-order chi connectivity index (χ1) is 15.9. The molecule has 2 aromatic carbocycles. The van der Waals surface area contributed by atoms with Gasteiger partial charge in [0.05, 0.1) is 22.3 Å². The van der Waals surface area contributed by atoms with E-state index >= 15 is 0 Å². The van der Waals surface area contributed by atoms with Gasteiger partial charge in [0.1, 0.15) is 0 Å². The number of carbonyl (C=O) groups is 1. The van der Waals surface area contributed by atoms with Gasteiger partial charge in [-0.3, -0.25) is 14.2 Å². The molecule has 0 saturated heterocycles. The number of nitrogens with zero attached hydrogens (tertiary/aromatic N) is 3. The van der Waals surface area contributed by atoms with Crippen LogP contribution in [-0.2, 0) is 13.0 Å². The molecule has 0 amide bonds. The molecule has 0 fully saturated rings. The molecular weight excluding hydrogens is 430 g/mol. The Morgan fingerprint density at radius 1 is 1.03 bits per heavy atom. The minimum Gasteiger partial charge on any atom is -0.348 e. The summed E-state index contributed by atoms with van der Waals surface area (Å²) in [5.74, 6) is 0.263. The molecule has 170 valence electrons. The van der Waals surface area contributed by atoms with Crippen molar-refractivity contribution in [3.63, 3.8) is 0 Å². The Hall–Kier alpha value is -3.12. The topological polar surface area (TPSA) is 56.9 Å². The maximum absolute atomic E-state index is 13.4. The second-order valence-electron chi connectivity index (χ2n) is 8.22. The number of fused-ring (bicyclic) bond motifs is 1. The molecule has 0 spiro atoms. The number of carbonyl (C=O) groups excluding carboxylic acids is 1. The molecule has 0 atom stereocenters. The van der Waals surface area contributed by atoms with E-state index in [1.807, 2.05) is 62.4 Å². The molecule has 5 nitrogen and oxygen atoms in total. The molecule has 2 aromatic heterocycles. The third kappa shape index (κ3) is 4.53. The lowest BCUT2D eigenvalue weighted by molar-refractivity contribution is 0.102. The van der Waals surface area contributed by atoms with Crippen LogP contribution in [0.4, 0.5) is 0 Å². The van der Waals surface area contributed by atoms with Gasteiger partial charge in [-0.15, -0.1) is 0 Å². The Morgan fingerprint density at radius 2 is 1.76 bits per heavy atom. The molecule has 4 aromatic rings. The third-order valence-electron chi connectivity index (χ3n) is 6.00. The number of rotatable bonds is 8. The number of para-hydroxylation sites is 1. The van der Waals surface area contributed by atoms with Crippen LogP contribution in [0.15, 0.2) is 64.5 Å². The van der Waals surface area contributed by atoms with Gasteiger partial charge in [-0.05, 0) is 62.6 Å². The van der Waals surface area contributed by atoms with Gasteiger partial charge >= 0.3 is 0 Å². The van der Waals surface area contributed by atoms with Crippen molar-refractivity contribution in [1.29, 1.82) is 0 Å². The molecule has 4 rings (SSSR count). The Kier molecular flexibility index (Phi) is 6.84. The van der Waals surface area contributed by atoms with E-state index in [-0.39, 0.29) is 17.1 Å². The summed E-state index contributed by atoms with van der Waals surface area (Å²) in [6.07, 6.45) is 1.94. The standard InChI is InChI=1S/C27H29N3O2S/c1-5-15-29-18(3)16-23(19(29)4)25(31)17-33-27-28-24-10-8-7-9-22(24)26(32)30(27)21-13-11-20(6-2)12-14-21/h7-14,16H,5-6,15,17H2,1-4H3. The van der Waals surface area contributed by atoms with Gasteiger partial charge in [0.25, 0.3) is 5.56 Å². The van der Waals surface area contributed by atoms with E-state index in [1.165, 1.54) is 17.3 Å². The van der Waals surface area contributed by atoms with Crippen molar-refractivity contribution in [2.75, 3.05) is 5.75 Å². The van der Waals surface area contributed by atoms with Crippen LogP contribution < -0.4 is 5.56 Å². The van der Waals surface area contributed by atoms with Crippen LogP contribution in [0, 0.1) is 13.8 Å². The summed E-state index contributed by atoms with van der Waals surface area (Å²) in [5, 5.41) is 1.09. The van der Waals surface area contributed by atoms with Gasteiger partial charge in [0.15, 0.2) is 10.9 Å². The smallest absolute Gasteiger partial charge is 0.266 e. The molecule has 0 bridgehead atoms. The van der Waals surface area contributed by atoms with Crippen LogP contribution in [0.3, 0.4) is 0 Å². The average Bonchev–Trinajstić information content (AvgIpc) is 3.11. The highest BCUT2D eigenvalue weighted by Gasteiger charge is 2.18. The van der Waals surface area contributed by atoms with Crippen molar-refractivity contribution in [1.82, 2.24) is 14.1 Å². The minimum atomic E-state index is -0.124. The average molecular weight is 460 g/mol. The predicted octanol–water partition coefficient (Wildman–Crippen LogP) is 5.75. The van der Waals surface area contributed by atoms with Gasteiger partial charge in [0.2, 0.25) is 0 Å². The van der Waals surface area contributed by atoms with Crippen molar-refractivity contribution < 1.29 is 4.79 Å². The second kappa shape index (κ2) is 9.79. The lowest BCUT2D eigenvalue weighted by Gasteiger charge is -2.13. The number of ketones is 1. The van der Waals surface area contributed by atoms with E-state index in [0.717, 1.165) is 42.0 Å². The van der Waals surface area contributed by atoms with Crippen LogP contribution >= 0.6 is 11.8 Å². The molecule has 0 N–H and O–H groups in total. The molecule has 6 heteroatoms. The van der Waals surface area contributed by atoms with Gasteiger partial charge in [-0.1, -0.05) is 49.9 Å². The zero-order valence-corrected chi connectivity index (χ0v) is 20.4. The molecule has 0 saturated carbocycles. The summed E-state index contributed by atoms with van der Waals surface area (Å²) < 4.78 is 3.82. The fourth-order valence-electron chi connectivity index (χ4n) is 4.18. The lowest BCUT2D eigenvalue weighted by atomic mass is 10.1. The van der Waals surface area contributed by atoms with Crippen LogP contribution in [0.25, 0.3) is 16.6 Å². The number of hydrogen-bond acceptors (Lipinski definition) is 4. The summed E-state index contributed by atoms with van der Waals surface area (Å²) in [5.41, 5.74) is 5.31. The normalized spacial score (nSPS) is 11.3. The number of Topliss-reactive ketones (excluding diaryl/α,β-unsaturated/α-hetero) is 1. The molecule has 2 heterocycles. The molecule has 0 aliphatic carbocycles. The Bertz CT molecular complexity index is 1370. The molecule has 0 aliphatic heterocycles. The zero-order valence-electron chi connectivity index (χ0n) is 19.6. The van der Waals surface area contributed by atoms with Crippen LogP contribution in [0.1, 0.15) is 47.6 Å². The predicted molar refractivity (Wildman–Crippen MR) is 136 cm³/mol. The van der Waals surface area contributed by atoms with E-state index in [1.54, 1.807) is 10.6 Å². The number of hydrogen-bond donors (Lipinski definition) is 0. The maximum Gasteiger partial charge on any atom is 0.266 e. The van der Waals surface area contributed by atoms with E-state index < -0.39 is 0 Å². The molecule has 33 heavy (non-hydrogen) atoms. The zero-order chi connectivity index (χ0) is 23.5. The minimum absolute atomic E-state index is 0.0470. The van der Waals surface area contributed by atoms with Crippen LogP contribution in [0.2, 0.25) is 0 Å². The first kappa shape index (κ1) is 23.1. The second-order valence-corrected chi connectivity index (χ2v) is 9.16. The van der Waals surface area contributed by atoms with Gasteiger partial charge < -0.3 is 4.57 Å². The summed E-state index contributed by atoms with van der Waals surface area (Å²) in [6.45, 7) is 9.17. The fourth-order valence-corrected chi connectivity index (χ4v) is 5.07. The van der Waals surface area contributed by atoms with E-state index in [4.69, 9.17) is 4.98 Å². The van der Waals surface area contributed by atoms with Crippen LogP contribution in [0.5, 0.6) is 0 Å². The Morgan fingerprint density at radius 3 is 2.45 bits per heavy atom. The summed E-state index contributed by atoms with van der Waals surface area (Å²) in [6, 6.07) is 17.3. The number of benzene rings is 2. The van der Waals surface area contributed by atoms with Crippen LogP contribution in [-0.4, -0.2) is 25.7 Å². The van der Waals surface area contributed by atoms with Crippen molar-refractivity contribution in [3.8, 4) is 5.69 Å². The van der Waals surface area contributed by atoms with Gasteiger partial charge in [-0.2, -0.15) is 0 Å². The maximum atomic E-state index is 13.4. The quantitative estimate of drug-likeness (QED) is 0.191. The number of thioether (sulfide) groups is 1. The van der Waals surface area contributed by atoms with E-state index in [2.05, 4.69) is 18.4 Å². The Labute approximate surface area is 198 Å². The summed E-state index contributed by atoms with van der Waals surface area (Å²) >= 11 is 1.31. The lowest BCUT2D eigenvalue weighted by Crippen LogP contribution is -2.22. The van der Waals surface area contributed by atoms with Crippen molar-refractivity contribution in [2.24, 2.45) is 0 Å². The summed E-state index contributed by atoms with van der Waals surface area (Å²) in [4.78, 5) is 31.3. The molecule has 0 radical (unpaired) electrons. The molecule has 0 unspecified atom stereocenters. The first-order valence-electron chi connectivity index (χ1n) is 11.4. The molecular formula is C27H29N3O2S. The van der Waals surface area contributed by atoms with Gasteiger partial charge in [-0.25, -0.2) is 4.98 Å². The highest BCUT2D eigenvalue weighted by Crippen LogP contribution is 2.24. The van der Waals surface area contributed by atoms with Crippen molar-refractivity contribution in [3.05, 3.63) is 87.5 Å². The van der Waals surface area contributed by atoms with E-state index in [0.29, 0.717) is 16.1 Å².